The van der Waals surface area contributed by atoms with E-state index in [0.717, 1.165) is 39.0 Å². The third kappa shape index (κ3) is 5.01. The van der Waals surface area contributed by atoms with Gasteiger partial charge in [-0.15, -0.1) is 0 Å². The molecule has 1 heterocycles. The minimum atomic E-state index is 0.923. The first-order chi connectivity index (χ1) is 23.8. The summed E-state index contributed by atoms with van der Waals surface area (Å²) in [5, 5.41) is 4.67. The molecule has 0 unspecified atom stereocenters. The molecule has 0 aliphatic heterocycles. The summed E-state index contributed by atoms with van der Waals surface area (Å²) >= 11 is 0. The van der Waals surface area contributed by atoms with Crippen molar-refractivity contribution >= 4 is 49.8 Å². The van der Waals surface area contributed by atoms with Crippen molar-refractivity contribution in [3.8, 4) is 33.4 Å². The standard InChI is InChI=1S/C46H31NO/c1-4-12-32(13-5-1)36-24-27-44(42(29-36)34-14-6-2-7-15-34)47(39-16-8-3-9-17-39)40-25-22-33(23-26-40)35-20-21-37-31-46-43(30-38(37)28-35)41-18-10-11-19-45(41)48-46/h1-31H. The molecule has 8 aromatic carbocycles. The van der Waals surface area contributed by atoms with Crippen molar-refractivity contribution in [1.29, 1.82) is 0 Å². The molecule has 1 aromatic heterocycles. The lowest BCUT2D eigenvalue weighted by Gasteiger charge is -2.28. The van der Waals surface area contributed by atoms with Crippen LogP contribution in [0.2, 0.25) is 0 Å². The first-order valence-electron chi connectivity index (χ1n) is 16.3. The molecule has 0 saturated carbocycles. The Kier molecular flexibility index (Phi) is 6.84. The predicted molar refractivity (Wildman–Crippen MR) is 202 cm³/mol. The number of para-hydroxylation sites is 2. The van der Waals surface area contributed by atoms with Gasteiger partial charge in [-0.3, -0.25) is 0 Å². The highest BCUT2D eigenvalue weighted by Crippen LogP contribution is 2.43. The molecule has 0 aliphatic carbocycles. The van der Waals surface area contributed by atoms with Crippen LogP contribution in [0.1, 0.15) is 0 Å². The average molecular weight is 614 g/mol. The highest BCUT2D eigenvalue weighted by molar-refractivity contribution is 6.10. The summed E-state index contributed by atoms with van der Waals surface area (Å²) in [6.45, 7) is 0. The Bertz CT molecular complexity index is 2530. The van der Waals surface area contributed by atoms with Crippen molar-refractivity contribution in [2.45, 2.75) is 0 Å². The van der Waals surface area contributed by atoms with Crippen LogP contribution in [0.25, 0.3) is 66.1 Å². The Labute approximate surface area is 279 Å². The summed E-state index contributed by atoms with van der Waals surface area (Å²) in [6.07, 6.45) is 0. The quantitative estimate of drug-likeness (QED) is 0.185. The molecule has 0 N–H and O–H groups in total. The first-order valence-corrected chi connectivity index (χ1v) is 16.3. The third-order valence-corrected chi connectivity index (χ3v) is 9.24. The van der Waals surface area contributed by atoms with Gasteiger partial charge in [0.05, 0.1) is 5.69 Å². The maximum absolute atomic E-state index is 6.14. The third-order valence-electron chi connectivity index (χ3n) is 9.24. The van der Waals surface area contributed by atoms with E-state index in [2.05, 4.69) is 181 Å². The zero-order chi connectivity index (χ0) is 31.9. The predicted octanol–water partition coefficient (Wildman–Crippen LogP) is 13.2. The SMILES string of the molecule is c1ccc(-c2ccc(N(c3ccccc3)c3ccc(-c4ccc5cc6oc7ccccc7c6cc5c4)cc3)c(-c3ccccc3)c2)cc1. The Morgan fingerprint density at radius 2 is 0.917 bits per heavy atom. The molecule has 0 spiro atoms. The first kappa shape index (κ1) is 27.9. The van der Waals surface area contributed by atoms with Crippen LogP contribution in [0.3, 0.4) is 0 Å². The summed E-state index contributed by atoms with van der Waals surface area (Å²) in [7, 11) is 0. The van der Waals surface area contributed by atoms with E-state index in [9.17, 15) is 0 Å². The monoisotopic (exact) mass is 613 g/mol. The fourth-order valence-corrected chi connectivity index (χ4v) is 6.85. The maximum Gasteiger partial charge on any atom is 0.136 e. The van der Waals surface area contributed by atoms with Gasteiger partial charge >= 0.3 is 0 Å². The van der Waals surface area contributed by atoms with Gasteiger partial charge in [0.15, 0.2) is 0 Å². The van der Waals surface area contributed by atoms with Gasteiger partial charge in [-0.1, -0.05) is 127 Å². The van der Waals surface area contributed by atoms with Gasteiger partial charge in [0, 0.05) is 27.7 Å². The van der Waals surface area contributed by atoms with E-state index in [1.165, 1.54) is 44.2 Å². The van der Waals surface area contributed by atoms with Crippen molar-refractivity contribution in [2.75, 3.05) is 4.90 Å². The molecule has 9 rings (SSSR count). The number of hydrogen-bond donors (Lipinski definition) is 0. The molecule has 2 heteroatoms. The number of hydrogen-bond acceptors (Lipinski definition) is 2. The van der Waals surface area contributed by atoms with Gasteiger partial charge in [-0.2, -0.15) is 0 Å². The Morgan fingerprint density at radius 1 is 0.333 bits per heavy atom. The molecule has 9 aromatic rings. The van der Waals surface area contributed by atoms with Crippen LogP contribution >= 0.6 is 0 Å². The van der Waals surface area contributed by atoms with Crippen molar-refractivity contribution in [1.82, 2.24) is 0 Å². The van der Waals surface area contributed by atoms with Crippen molar-refractivity contribution in [3.63, 3.8) is 0 Å². The fraction of sp³-hybridized carbons (Fsp3) is 0. The lowest BCUT2D eigenvalue weighted by molar-refractivity contribution is 0.669. The van der Waals surface area contributed by atoms with Crippen LogP contribution in [-0.4, -0.2) is 0 Å². The van der Waals surface area contributed by atoms with Gasteiger partial charge in [0.25, 0.3) is 0 Å². The van der Waals surface area contributed by atoms with E-state index in [-0.39, 0.29) is 0 Å². The number of furan rings is 1. The van der Waals surface area contributed by atoms with Crippen molar-refractivity contribution in [3.05, 3.63) is 188 Å². The topological polar surface area (TPSA) is 16.4 Å². The summed E-state index contributed by atoms with van der Waals surface area (Å²) in [4.78, 5) is 2.36. The maximum atomic E-state index is 6.14. The summed E-state index contributed by atoms with van der Waals surface area (Å²) in [5.74, 6) is 0. The van der Waals surface area contributed by atoms with E-state index < -0.39 is 0 Å². The second-order valence-corrected chi connectivity index (χ2v) is 12.2. The molecule has 0 fully saturated rings. The van der Waals surface area contributed by atoms with Crippen LogP contribution < -0.4 is 4.90 Å². The number of nitrogens with zero attached hydrogens (tertiary/aromatic N) is 1. The second-order valence-electron chi connectivity index (χ2n) is 12.2. The summed E-state index contributed by atoms with van der Waals surface area (Å²) in [6, 6.07) is 67.0. The van der Waals surface area contributed by atoms with Crippen LogP contribution in [0.5, 0.6) is 0 Å². The molecule has 0 radical (unpaired) electrons. The molecule has 2 nitrogen and oxygen atoms in total. The van der Waals surface area contributed by atoms with E-state index in [1.54, 1.807) is 0 Å². The van der Waals surface area contributed by atoms with Crippen molar-refractivity contribution < 1.29 is 4.42 Å². The van der Waals surface area contributed by atoms with Gasteiger partial charge < -0.3 is 9.32 Å². The Balaban J connectivity index is 1.14. The normalized spacial score (nSPS) is 11.3. The van der Waals surface area contributed by atoms with Gasteiger partial charge in [0.1, 0.15) is 11.2 Å². The van der Waals surface area contributed by atoms with Crippen LogP contribution in [-0.2, 0) is 0 Å². The minimum absolute atomic E-state index is 0.923. The summed E-state index contributed by atoms with van der Waals surface area (Å²) < 4.78 is 6.14. The molecule has 0 amide bonds. The number of anilines is 3. The zero-order valence-electron chi connectivity index (χ0n) is 26.3. The lowest BCUT2D eigenvalue weighted by Crippen LogP contribution is -2.11. The van der Waals surface area contributed by atoms with E-state index >= 15 is 0 Å². The van der Waals surface area contributed by atoms with Gasteiger partial charge in [-0.25, -0.2) is 0 Å². The number of rotatable bonds is 6. The molecular weight excluding hydrogens is 583 g/mol. The van der Waals surface area contributed by atoms with Crippen LogP contribution in [0.4, 0.5) is 17.1 Å². The molecule has 0 atom stereocenters. The molecule has 226 valence electrons. The highest BCUT2D eigenvalue weighted by atomic mass is 16.3. The molecule has 48 heavy (non-hydrogen) atoms. The van der Waals surface area contributed by atoms with Crippen LogP contribution in [0.15, 0.2) is 192 Å². The molecular formula is C46H31NO. The van der Waals surface area contributed by atoms with Gasteiger partial charge in [0.2, 0.25) is 0 Å². The second kappa shape index (κ2) is 11.8. The largest absolute Gasteiger partial charge is 0.456 e. The Morgan fingerprint density at radius 3 is 1.69 bits per heavy atom. The Hall–Kier alpha value is -6.38. The molecule has 0 bridgehead atoms. The molecule has 0 aliphatic rings. The average Bonchev–Trinajstić information content (AvgIpc) is 3.52. The zero-order valence-corrected chi connectivity index (χ0v) is 26.3. The summed E-state index contributed by atoms with van der Waals surface area (Å²) in [5.41, 5.74) is 12.3. The smallest absolute Gasteiger partial charge is 0.136 e. The highest BCUT2D eigenvalue weighted by Gasteiger charge is 2.18. The number of fused-ring (bicyclic) bond motifs is 4. The lowest BCUT2D eigenvalue weighted by atomic mass is 9.96. The van der Waals surface area contributed by atoms with Gasteiger partial charge in [-0.05, 0) is 99.3 Å². The van der Waals surface area contributed by atoms with E-state index in [4.69, 9.17) is 4.42 Å². The minimum Gasteiger partial charge on any atom is -0.456 e. The van der Waals surface area contributed by atoms with Crippen LogP contribution in [0, 0.1) is 0 Å². The molecule has 0 saturated heterocycles. The number of benzene rings is 8. The van der Waals surface area contributed by atoms with E-state index in [1.807, 2.05) is 12.1 Å². The van der Waals surface area contributed by atoms with E-state index in [0.29, 0.717) is 0 Å². The van der Waals surface area contributed by atoms with Crippen molar-refractivity contribution in [2.24, 2.45) is 0 Å². The fourth-order valence-electron chi connectivity index (χ4n) is 6.85.